The Morgan fingerprint density at radius 2 is 1.62 bits per heavy atom. The van der Waals surface area contributed by atoms with Crippen molar-refractivity contribution in [1.29, 1.82) is 0 Å². The van der Waals surface area contributed by atoms with Crippen LogP contribution >= 0.6 is 0 Å². The molecule has 6 rings (SSSR count). The van der Waals surface area contributed by atoms with Gasteiger partial charge in [-0.05, 0) is 110 Å². The molecule has 1 N–H and O–H groups in total. The molecule has 0 saturated heterocycles. The van der Waals surface area contributed by atoms with Crippen molar-refractivity contribution in [2.75, 3.05) is 0 Å². The first kappa shape index (κ1) is 25.5. The van der Waals surface area contributed by atoms with Gasteiger partial charge in [0.05, 0.1) is 6.10 Å². The second-order valence-corrected chi connectivity index (χ2v) is 15.1. The van der Waals surface area contributed by atoms with Crippen LogP contribution in [0.25, 0.3) is 0 Å². The fraction of sp³-hybridized carbons (Fsp3) is 0.727. The predicted molar refractivity (Wildman–Crippen MR) is 146 cm³/mol. The van der Waals surface area contributed by atoms with Crippen LogP contribution in [0.1, 0.15) is 122 Å². The number of aliphatic hydroxyl groups is 1. The number of hydrogen-bond donors (Lipinski definition) is 1. The molecule has 0 aromatic heterocycles. The van der Waals surface area contributed by atoms with Crippen LogP contribution in [0.2, 0.25) is 0 Å². The molecule has 37 heavy (non-hydrogen) atoms. The van der Waals surface area contributed by atoms with Crippen LogP contribution in [-0.2, 0) is 5.41 Å². The Morgan fingerprint density at radius 3 is 2.30 bits per heavy atom. The van der Waals surface area contributed by atoms with E-state index in [4.69, 9.17) is 9.47 Å². The number of carbonyl (C=O) groups is 1. The minimum Gasteiger partial charge on any atom is -0.449 e. The Balaban J connectivity index is 1.48. The molecule has 1 heterocycles. The van der Waals surface area contributed by atoms with E-state index >= 15 is 0 Å². The van der Waals surface area contributed by atoms with Crippen molar-refractivity contribution in [3.63, 3.8) is 0 Å². The van der Waals surface area contributed by atoms with Crippen LogP contribution in [0.15, 0.2) is 17.7 Å². The summed E-state index contributed by atoms with van der Waals surface area (Å²) < 4.78 is 12.3. The minimum atomic E-state index is -0.723. The molecule has 202 valence electrons. The molecule has 1 aliphatic heterocycles. The van der Waals surface area contributed by atoms with Gasteiger partial charge in [-0.2, -0.15) is 0 Å². The first-order valence-corrected chi connectivity index (χ1v) is 14.5. The summed E-state index contributed by atoms with van der Waals surface area (Å²) in [4.78, 5) is 13.9. The highest BCUT2D eigenvalue weighted by molar-refractivity contribution is 6.10. The Bertz CT molecular complexity index is 1240. The van der Waals surface area contributed by atoms with Gasteiger partial charge in [0.1, 0.15) is 0 Å². The molecule has 4 aliphatic carbocycles. The van der Waals surface area contributed by atoms with Crippen LogP contribution in [0.4, 0.5) is 0 Å². The minimum absolute atomic E-state index is 0.0443. The lowest BCUT2D eigenvalue weighted by molar-refractivity contribution is -0.171. The summed E-state index contributed by atoms with van der Waals surface area (Å²) >= 11 is 0. The van der Waals surface area contributed by atoms with Gasteiger partial charge in [-0.1, -0.05) is 34.6 Å². The number of carbonyl (C=O) groups excluding carboxylic acids is 1. The molecule has 5 aliphatic rings. The number of hydrogen-bond acceptors (Lipinski definition) is 4. The molecule has 0 spiro atoms. The van der Waals surface area contributed by atoms with Crippen molar-refractivity contribution in [3.05, 3.63) is 34.4 Å². The first-order chi connectivity index (χ1) is 17.0. The Hall–Kier alpha value is -1.81. The number of rotatable bonds is 1. The second kappa shape index (κ2) is 7.23. The van der Waals surface area contributed by atoms with Crippen molar-refractivity contribution in [2.24, 2.45) is 27.6 Å². The normalized spacial score (nSPS) is 44.2. The average molecular weight is 507 g/mol. The van der Waals surface area contributed by atoms with Gasteiger partial charge in [0, 0.05) is 30.4 Å². The molecule has 0 radical (unpaired) electrons. The average Bonchev–Trinajstić information content (AvgIpc) is 3.13. The fourth-order valence-electron chi connectivity index (χ4n) is 9.64. The van der Waals surface area contributed by atoms with E-state index in [0.717, 1.165) is 60.3 Å². The molecular weight excluding hydrogens is 460 g/mol. The van der Waals surface area contributed by atoms with Crippen molar-refractivity contribution in [1.82, 2.24) is 0 Å². The summed E-state index contributed by atoms with van der Waals surface area (Å²) in [6, 6.07) is 2.13. The Morgan fingerprint density at radius 1 is 0.946 bits per heavy atom. The van der Waals surface area contributed by atoms with Crippen molar-refractivity contribution in [3.8, 4) is 11.5 Å². The van der Waals surface area contributed by atoms with Gasteiger partial charge in [0.2, 0.25) is 5.79 Å². The van der Waals surface area contributed by atoms with Gasteiger partial charge in [-0.3, -0.25) is 4.79 Å². The summed E-state index contributed by atoms with van der Waals surface area (Å²) in [5.74, 6) is 1.41. The molecule has 1 unspecified atom stereocenters. The number of benzene rings is 1. The predicted octanol–water partition coefficient (Wildman–Crippen LogP) is 7.68. The lowest BCUT2D eigenvalue weighted by Crippen LogP contribution is -2.63. The molecule has 7 atom stereocenters. The van der Waals surface area contributed by atoms with E-state index in [2.05, 4.69) is 40.7 Å². The zero-order valence-corrected chi connectivity index (χ0v) is 24.4. The van der Waals surface area contributed by atoms with Gasteiger partial charge in [-0.25, -0.2) is 0 Å². The lowest BCUT2D eigenvalue weighted by Gasteiger charge is -2.70. The highest BCUT2D eigenvalue weighted by Gasteiger charge is 2.67. The Kier molecular flexibility index (Phi) is 4.97. The zero-order chi connectivity index (χ0) is 27.0. The maximum absolute atomic E-state index is 13.9. The van der Waals surface area contributed by atoms with Gasteiger partial charge < -0.3 is 14.6 Å². The van der Waals surface area contributed by atoms with Crippen molar-refractivity contribution >= 4 is 5.78 Å². The second-order valence-electron chi connectivity index (χ2n) is 15.1. The van der Waals surface area contributed by atoms with E-state index in [1.807, 2.05) is 33.8 Å². The SMILES string of the molecule is Cc1c2c(cc3c1C(=O)C=C1[C@@]3(C)CC[C@@]3(C)[C@@H]4C[C@](C)(C(C)O)CC[C@]4(C)CC[C@]13C)OC(C)(C)O2. The van der Waals surface area contributed by atoms with Crippen LogP contribution < -0.4 is 9.47 Å². The molecular formula is C33H46O4. The van der Waals surface area contributed by atoms with E-state index in [-0.39, 0.29) is 33.5 Å². The van der Waals surface area contributed by atoms with E-state index in [9.17, 15) is 9.90 Å². The molecule has 1 aromatic rings. The highest BCUT2D eigenvalue weighted by Crippen LogP contribution is 2.75. The third-order valence-electron chi connectivity index (χ3n) is 12.7. The molecule has 0 bridgehead atoms. The molecule has 3 saturated carbocycles. The van der Waals surface area contributed by atoms with Crippen molar-refractivity contribution in [2.45, 2.75) is 125 Å². The number of allylic oxidation sites excluding steroid dienone is 2. The topological polar surface area (TPSA) is 55.8 Å². The fourth-order valence-corrected chi connectivity index (χ4v) is 9.64. The van der Waals surface area contributed by atoms with Gasteiger partial charge in [0.25, 0.3) is 0 Å². The van der Waals surface area contributed by atoms with Gasteiger partial charge in [0.15, 0.2) is 17.3 Å². The Labute approximate surface area is 223 Å². The summed E-state index contributed by atoms with van der Waals surface area (Å²) in [7, 11) is 0. The van der Waals surface area contributed by atoms with Gasteiger partial charge in [-0.15, -0.1) is 0 Å². The van der Waals surface area contributed by atoms with Crippen molar-refractivity contribution < 1.29 is 19.4 Å². The van der Waals surface area contributed by atoms with Crippen LogP contribution in [0, 0.1) is 34.5 Å². The molecule has 1 aromatic carbocycles. The van der Waals surface area contributed by atoms with Crippen LogP contribution in [0.3, 0.4) is 0 Å². The third kappa shape index (κ3) is 3.08. The summed E-state index contributed by atoms with van der Waals surface area (Å²) in [5, 5.41) is 10.8. The van der Waals surface area contributed by atoms with E-state index < -0.39 is 5.79 Å². The maximum Gasteiger partial charge on any atom is 0.246 e. The third-order valence-corrected chi connectivity index (χ3v) is 12.7. The quantitative estimate of drug-likeness (QED) is 0.424. The summed E-state index contributed by atoms with van der Waals surface area (Å²) in [5.41, 5.74) is 4.23. The number of fused-ring (bicyclic) bond motifs is 8. The summed E-state index contributed by atoms with van der Waals surface area (Å²) in [6.45, 7) is 20.0. The van der Waals surface area contributed by atoms with Crippen LogP contribution in [0.5, 0.6) is 11.5 Å². The highest BCUT2D eigenvalue weighted by atomic mass is 16.7. The molecule has 4 heteroatoms. The smallest absolute Gasteiger partial charge is 0.246 e. The molecule has 4 nitrogen and oxygen atoms in total. The molecule has 0 amide bonds. The summed E-state index contributed by atoms with van der Waals surface area (Å²) in [6.07, 6.45) is 9.51. The van der Waals surface area contributed by atoms with E-state index in [0.29, 0.717) is 11.3 Å². The zero-order valence-electron chi connectivity index (χ0n) is 24.4. The van der Waals surface area contributed by atoms with Gasteiger partial charge >= 0.3 is 0 Å². The number of ketones is 1. The maximum atomic E-state index is 13.9. The first-order valence-electron chi connectivity index (χ1n) is 14.5. The van der Waals surface area contributed by atoms with Crippen LogP contribution in [-0.4, -0.2) is 22.8 Å². The van der Waals surface area contributed by atoms with E-state index in [1.165, 1.54) is 18.4 Å². The number of ether oxygens (including phenoxy) is 2. The van der Waals surface area contributed by atoms with E-state index in [1.54, 1.807) is 0 Å². The monoisotopic (exact) mass is 506 g/mol. The largest absolute Gasteiger partial charge is 0.449 e. The lowest BCUT2D eigenvalue weighted by atomic mass is 9.34. The standard InChI is InChI=1S/C33H46O4/c1-19-26-21(16-23-27(19)37-28(3,4)36-23)31(7)13-15-33(9)25-18-30(6,20(2)34)11-10-29(25,5)12-14-32(33,8)24(31)17-22(26)35/h16-17,20,25,34H,10-15,18H2,1-9H3/t20?,25-,29-,30-,31+,32-,33+/m1/s1. The number of aliphatic hydroxyl groups excluding tert-OH is 1. The molecule has 3 fully saturated rings.